The van der Waals surface area contributed by atoms with Crippen LogP contribution in [-0.2, 0) is 14.3 Å². The summed E-state index contributed by atoms with van der Waals surface area (Å²) in [5.74, 6) is -2.52. The van der Waals surface area contributed by atoms with Gasteiger partial charge in [0.1, 0.15) is 4.88 Å². The molecule has 0 spiro atoms. The molecule has 0 aromatic carbocycles. The summed E-state index contributed by atoms with van der Waals surface area (Å²) in [7, 11) is 1.29. The van der Waals surface area contributed by atoms with Crippen LogP contribution in [0.3, 0.4) is 0 Å². The van der Waals surface area contributed by atoms with Crippen molar-refractivity contribution in [3.63, 3.8) is 0 Å². The van der Waals surface area contributed by atoms with Gasteiger partial charge in [0.25, 0.3) is 0 Å². The lowest BCUT2D eigenvalue weighted by Gasteiger charge is -2.38. The van der Waals surface area contributed by atoms with Crippen molar-refractivity contribution < 1.29 is 32.2 Å². The Morgan fingerprint density at radius 2 is 1.79 bits per heavy atom. The van der Waals surface area contributed by atoms with Crippen molar-refractivity contribution in [3.8, 4) is 0 Å². The van der Waals surface area contributed by atoms with Crippen LogP contribution in [-0.4, -0.2) is 44.4 Å². The second-order valence-electron chi connectivity index (χ2n) is 7.40. The Morgan fingerprint density at radius 3 is 2.34 bits per heavy atom. The summed E-state index contributed by atoms with van der Waals surface area (Å²) < 4.78 is 50.2. The molecule has 3 rings (SSSR count). The highest BCUT2D eigenvalue weighted by molar-refractivity contribution is 14.1. The summed E-state index contributed by atoms with van der Waals surface area (Å²) in [6, 6.07) is 1.64. The Bertz CT molecular complexity index is 740. The molecule has 10 heteroatoms. The molecule has 1 saturated carbocycles. The van der Waals surface area contributed by atoms with E-state index in [0.717, 1.165) is 2.88 Å². The van der Waals surface area contributed by atoms with E-state index >= 15 is 0 Å². The number of hydrogen-bond donors (Lipinski definition) is 0. The molecule has 0 atom stereocenters. The summed E-state index contributed by atoms with van der Waals surface area (Å²) in [4.78, 5) is 27.8. The largest absolute Gasteiger partial charge is 0.465 e. The number of amides is 1. The lowest BCUT2D eigenvalue weighted by Crippen LogP contribution is -2.47. The molecule has 1 aliphatic carbocycles. The van der Waals surface area contributed by atoms with Crippen LogP contribution < -0.4 is 4.90 Å². The summed E-state index contributed by atoms with van der Waals surface area (Å²) in [6.45, 7) is 1.01. The Kier molecular flexibility index (Phi) is 7.47. The van der Waals surface area contributed by atoms with E-state index in [0.29, 0.717) is 36.6 Å². The number of carbonyl (C=O) groups excluding carboxylic acids is 2. The highest BCUT2D eigenvalue weighted by Crippen LogP contribution is 2.42. The maximum atomic E-state index is 13.5. The highest BCUT2D eigenvalue weighted by atomic mass is 127. The first-order chi connectivity index (χ1) is 13.7. The van der Waals surface area contributed by atoms with Gasteiger partial charge in [-0.25, -0.2) is 4.79 Å². The molecular formula is C19H23F3INO4S. The number of hydrogen-bond acceptors (Lipinski definition) is 5. The molecule has 1 aromatic heterocycles. The van der Waals surface area contributed by atoms with Gasteiger partial charge < -0.3 is 14.4 Å². The molecule has 29 heavy (non-hydrogen) atoms. The van der Waals surface area contributed by atoms with Gasteiger partial charge in [-0.2, -0.15) is 13.2 Å². The number of anilines is 1. The zero-order chi connectivity index (χ0) is 21.2. The van der Waals surface area contributed by atoms with Gasteiger partial charge in [-0.15, -0.1) is 11.3 Å². The Hall–Kier alpha value is -0.880. The van der Waals surface area contributed by atoms with E-state index in [4.69, 9.17) is 9.47 Å². The second-order valence-corrected chi connectivity index (χ2v) is 10.3. The number of nitrogens with zero attached hydrogens (tertiary/aromatic N) is 1. The van der Waals surface area contributed by atoms with Gasteiger partial charge in [0.15, 0.2) is 0 Å². The predicted octanol–water partition coefficient (Wildman–Crippen LogP) is 5.02. The molecule has 2 heterocycles. The zero-order valence-corrected chi connectivity index (χ0v) is 18.9. The first-order valence-corrected chi connectivity index (χ1v) is 11.5. The molecule has 0 N–H and O–H groups in total. The van der Waals surface area contributed by atoms with Crippen molar-refractivity contribution in [1.29, 1.82) is 0 Å². The zero-order valence-electron chi connectivity index (χ0n) is 16.0. The minimum absolute atomic E-state index is 0.0352. The van der Waals surface area contributed by atoms with Crippen molar-refractivity contribution in [1.82, 2.24) is 0 Å². The quantitative estimate of drug-likeness (QED) is 0.394. The van der Waals surface area contributed by atoms with Gasteiger partial charge in [-0.3, -0.25) is 4.79 Å². The van der Waals surface area contributed by atoms with Crippen LogP contribution >= 0.6 is 33.9 Å². The second kappa shape index (κ2) is 9.51. The molecule has 2 fully saturated rings. The molecule has 0 unspecified atom stereocenters. The third-order valence-corrected chi connectivity index (χ3v) is 7.51. The normalized spacial score (nSPS) is 23.6. The molecular weight excluding hydrogens is 522 g/mol. The molecule has 1 aromatic rings. The van der Waals surface area contributed by atoms with Gasteiger partial charge in [0.2, 0.25) is 5.91 Å². The SMILES string of the molecule is COC(=O)c1sc(I)cc1N(C(=O)[C@H]1CC[C@H](C(F)(F)F)CC1)C1CCOCC1. The summed E-state index contributed by atoms with van der Waals surface area (Å²) in [5, 5.41) is 0. The minimum Gasteiger partial charge on any atom is -0.465 e. The lowest BCUT2D eigenvalue weighted by molar-refractivity contribution is -0.184. The van der Waals surface area contributed by atoms with Crippen LogP contribution in [0.15, 0.2) is 6.07 Å². The van der Waals surface area contributed by atoms with E-state index in [1.165, 1.54) is 18.4 Å². The van der Waals surface area contributed by atoms with Crippen LogP contribution in [0.2, 0.25) is 0 Å². The van der Waals surface area contributed by atoms with E-state index < -0.39 is 24.0 Å². The van der Waals surface area contributed by atoms with E-state index in [-0.39, 0.29) is 37.6 Å². The highest BCUT2D eigenvalue weighted by Gasteiger charge is 2.44. The maximum absolute atomic E-state index is 13.5. The van der Waals surface area contributed by atoms with Crippen molar-refractivity contribution in [3.05, 3.63) is 13.8 Å². The Balaban J connectivity index is 1.87. The van der Waals surface area contributed by atoms with Crippen LogP contribution in [0, 0.1) is 14.7 Å². The smallest absolute Gasteiger partial charge is 0.391 e. The maximum Gasteiger partial charge on any atom is 0.391 e. The number of ether oxygens (including phenoxy) is 2. The molecule has 0 bridgehead atoms. The number of rotatable bonds is 4. The number of halogens is 4. The minimum atomic E-state index is -4.21. The van der Waals surface area contributed by atoms with Gasteiger partial charge in [-0.1, -0.05) is 0 Å². The number of alkyl halides is 3. The van der Waals surface area contributed by atoms with Crippen LogP contribution in [0.4, 0.5) is 18.9 Å². The van der Waals surface area contributed by atoms with E-state index in [1.807, 2.05) is 0 Å². The first kappa shape index (κ1) is 22.8. The first-order valence-electron chi connectivity index (χ1n) is 9.57. The number of carbonyl (C=O) groups is 2. The third-order valence-electron chi connectivity index (χ3n) is 5.65. The van der Waals surface area contributed by atoms with E-state index in [9.17, 15) is 22.8 Å². The monoisotopic (exact) mass is 545 g/mol. The van der Waals surface area contributed by atoms with Gasteiger partial charge >= 0.3 is 12.1 Å². The Morgan fingerprint density at radius 1 is 1.17 bits per heavy atom. The Labute approximate surface area is 185 Å². The van der Waals surface area contributed by atoms with E-state index in [2.05, 4.69) is 22.6 Å². The van der Waals surface area contributed by atoms with Crippen LogP contribution in [0.25, 0.3) is 0 Å². The standard InChI is InChI=1S/C19H23F3INO4S/c1-27-18(26)16-14(10-15(23)29-16)24(13-6-8-28-9-7-13)17(25)11-2-4-12(5-3-11)19(20,21)22/h10-13H,2-9H2,1H3/t11-,12-. The van der Waals surface area contributed by atoms with Crippen molar-refractivity contribution >= 4 is 51.5 Å². The van der Waals surface area contributed by atoms with Crippen molar-refractivity contribution in [2.24, 2.45) is 11.8 Å². The average Bonchev–Trinajstić information content (AvgIpc) is 3.09. The van der Waals surface area contributed by atoms with Gasteiger partial charge in [-0.05, 0) is 67.2 Å². The molecule has 1 aliphatic heterocycles. The van der Waals surface area contributed by atoms with Crippen LogP contribution in [0.5, 0.6) is 0 Å². The number of thiophene rings is 1. The van der Waals surface area contributed by atoms with E-state index in [1.54, 1.807) is 11.0 Å². The number of methoxy groups -OCH3 is 1. The van der Waals surface area contributed by atoms with Gasteiger partial charge in [0, 0.05) is 25.2 Å². The summed E-state index contributed by atoms with van der Waals surface area (Å²) >= 11 is 3.34. The predicted molar refractivity (Wildman–Crippen MR) is 111 cm³/mol. The topological polar surface area (TPSA) is 55.8 Å². The summed E-state index contributed by atoms with van der Waals surface area (Å²) in [6.07, 6.45) is -2.63. The molecule has 1 amide bonds. The molecule has 1 saturated heterocycles. The molecule has 5 nitrogen and oxygen atoms in total. The average molecular weight is 545 g/mol. The van der Waals surface area contributed by atoms with Crippen molar-refractivity contribution in [2.75, 3.05) is 25.2 Å². The fourth-order valence-corrected chi connectivity index (χ4v) is 5.82. The molecule has 162 valence electrons. The van der Waals surface area contributed by atoms with Crippen LogP contribution in [0.1, 0.15) is 48.2 Å². The number of esters is 1. The fraction of sp³-hybridized carbons (Fsp3) is 0.684. The molecule has 2 aliphatic rings. The lowest BCUT2D eigenvalue weighted by atomic mass is 9.80. The fourth-order valence-electron chi connectivity index (χ4n) is 4.07. The van der Waals surface area contributed by atoms with Crippen molar-refractivity contribution in [2.45, 2.75) is 50.7 Å². The van der Waals surface area contributed by atoms with Gasteiger partial charge in [0.05, 0.1) is 21.6 Å². The third kappa shape index (κ3) is 5.25. The molecule has 0 radical (unpaired) electrons. The summed E-state index contributed by atoms with van der Waals surface area (Å²) in [5.41, 5.74) is 0.501.